The number of benzene rings is 2. The van der Waals surface area contributed by atoms with Crippen LogP contribution in [0.4, 0.5) is 5.69 Å². The van der Waals surface area contributed by atoms with Crippen molar-refractivity contribution in [1.29, 1.82) is 0 Å². The number of amides is 2. The number of para-hydroxylation sites is 1. The Labute approximate surface area is 154 Å². The molecular weight excluding hydrogens is 326 g/mol. The summed E-state index contributed by atoms with van der Waals surface area (Å²) in [5, 5.41) is 9.09. The van der Waals surface area contributed by atoms with Crippen LogP contribution in [0.15, 0.2) is 48.5 Å². The van der Waals surface area contributed by atoms with Gasteiger partial charge in [-0.05, 0) is 44.0 Å². The Hall–Kier alpha value is -2.66. The Morgan fingerprint density at radius 1 is 1.12 bits per heavy atom. The van der Waals surface area contributed by atoms with Crippen LogP contribution in [-0.2, 0) is 11.3 Å². The standard InChI is InChI=1S/C21H25N3O2/c1-15-8-10-16(11-9-15)13-23-21(26)18-6-2-3-7-19(18)24-20(25)17-5-4-12-22-14-17/h2-3,6-11,17,22H,4-5,12-14H2,1H3,(H,23,26)(H,24,25). The van der Waals surface area contributed by atoms with Gasteiger partial charge in [-0.15, -0.1) is 0 Å². The van der Waals surface area contributed by atoms with Crippen LogP contribution < -0.4 is 16.0 Å². The third-order valence-corrected chi connectivity index (χ3v) is 4.67. The van der Waals surface area contributed by atoms with E-state index in [0.29, 0.717) is 24.3 Å². The van der Waals surface area contributed by atoms with Gasteiger partial charge in [-0.25, -0.2) is 0 Å². The Bertz CT molecular complexity index is 765. The van der Waals surface area contributed by atoms with Gasteiger partial charge in [-0.1, -0.05) is 42.0 Å². The van der Waals surface area contributed by atoms with Gasteiger partial charge < -0.3 is 16.0 Å². The van der Waals surface area contributed by atoms with Gasteiger partial charge in [0, 0.05) is 13.1 Å². The molecular formula is C21H25N3O2. The van der Waals surface area contributed by atoms with E-state index in [-0.39, 0.29) is 17.7 Å². The number of rotatable bonds is 5. The molecule has 1 atom stereocenters. The molecule has 2 aromatic rings. The molecule has 1 unspecified atom stereocenters. The maximum Gasteiger partial charge on any atom is 0.253 e. The van der Waals surface area contributed by atoms with E-state index >= 15 is 0 Å². The van der Waals surface area contributed by atoms with Crippen molar-refractivity contribution in [1.82, 2.24) is 10.6 Å². The number of hydrogen-bond donors (Lipinski definition) is 3. The van der Waals surface area contributed by atoms with Crippen molar-refractivity contribution >= 4 is 17.5 Å². The second kappa shape index (κ2) is 8.63. The molecule has 0 spiro atoms. The van der Waals surface area contributed by atoms with Crippen LogP contribution in [0.3, 0.4) is 0 Å². The Morgan fingerprint density at radius 2 is 1.88 bits per heavy atom. The van der Waals surface area contributed by atoms with Crippen molar-refractivity contribution in [3.05, 3.63) is 65.2 Å². The first-order valence-electron chi connectivity index (χ1n) is 9.08. The molecule has 3 rings (SSSR count). The van der Waals surface area contributed by atoms with Crippen LogP contribution in [0.2, 0.25) is 0 Å². The predicted octanol–water partition coefficient (Wildman–Crippen LogP) is 2.86. The normalized spacial score (nSPS) is 16.7. The van der Waals surface area contributed by atoms with Gasteiger partial charge in [0.05, 0.1) is 17.2 Å². The molecule has 2 aromatic carbocycles. The van der Waals surface area contributed by atoms with Crippen LogP contribution in [-0.4, -0.2) is 24.9 Å². The molecule has 136 valence electrons. The van der Waals surface area contributed by atoms with E-state index in [1.807, 2.05) is 37.3 Å². The molecule has 1 fully saturated rings. The van der Waals surface area contributed by atoms with E-state index in [2.05, 4.69) is 16.0 Å². The molecule has 0 bridgehead atoms. The third kappa shape index (κ3) is 4.70. The number of hydrogen-bond acceptors (Lipinski definition) is 3. The minimum atomic E-state index is -0.191. The number of anilines is 1. The lowest BCUT2D eigenvalue weighted by atomic mass is 9.98. The van der Waals surface area contributed by atoms with Crippen LogP contribution in [0, 0.1) is 12.8 Å². The van der Waals surface area contributed by atoms with Gasteiger partial charge in [-0.3, -0.25) is 9.59 Å². The lowest BCUT2D eigenvalue weighted by molar-refractivity contribution is -0.120. The average Bonchev–Trinajstić information content (AvgIpc) is 2.68. The second-order valence-corrected chi connectivity index (χ2v) is 6.75. The monoisotopic (exact) mass is 351 g/mol. The van der Waals surface area contributed by atoms with Gasteiger partial charge in [0.2, 0.25) is 5.91 Å². The molecule has 0 aromatic heterocycles. The summed E-state index contributed by atoms with van der Waals surface area (Å²) in [6, 6.07) is 15.2. The highest BCUT2D eigenvalue weighted by Crippen LogP contribution is 2.18. The number of nitrogens with one attached hydrogen (secondary N) is 3. The average molecular weight is 351 g/mol. The highest BCUT2D eigenvalue weighted by molar-refractivity contribution is 6.04. The first-order chi connectivity index (χ1) is 12.6. The van der Waals surface area contributed by atoms with E-state index in [0.717, 1.165) is 24.9 Å². The topological polar surface area (TPSA) is 70.2 Å². The lowest BCUT2D eigenvalue weighted by Gasteiger charge is -2.22. The highest BCUT2D eigenvalue weighted by Gasteiger charge is 2.22. The molecule has 0 saturated carbocycles. The predicted molar refractivity (Wildman–Crippen MR) is 103 cm³/mol. The summed E-state index contributed by atoms with van der Waals surface area (Å²) in [7, 11) is 0. The van der Waals surface area contributed by atoms with E-state index in [9.17, 15) is 9.59 Å². The maximum atomic E-state index is 12.6. The van der Waals surface area contributed by atoms with Crippen molar-refractivity contribution in [2.45, 2.75) is 26.3 Å². The highest BCUT2D eigenvalue weighted by atomic mass is 16.2. The molecule has 1 aliphatic rings. The summed E-state index contributed by atoms with van der Waals surface area (Å²) < 4.78 is 0. The van der Waals surface area contributed by atoms with Gasteiger partial charge >= 0.3 is 0 Å². The number of aryl methyl sites for hydroxylation is 1. The summed E-state index contributed by atoms with van der Waals surface area (Å²) in [6.07, 6.45) is 1.87. The van der Waals surface area contributed by atoms with Crippen LogP contribution in [0.1, 0.15) is 34.3 Å². The van der Waals surface area contributed by atoms with Gasteiger partial charge in [0.15, 0.2) is 0 Å². The number of piperidine rings is 1. The van der Waals surface area contributed by atoms with Gasteiger partial charge in [-0.2, -0.15) is 0 Å². The van der Waals surface area contributed by atoms with Crippen LogP contribution in [0.5, 0.6) is 0 Å². The zero-order valence-corrected chi connectivity index (χ0v) is 15.0. The fourth-order valence-corrected chi connectivity index (χ4v) is 3.08. The first-order valence-corrected chi connectivity index (χ1v) is 9.08. The number of carbonyl (C=O) groups is 2. The Kier molecular flexibility index (Phi) is 6.02. The van der Waals surface area contributed by atoms with Gasteiger partial charge in [0.25, 0.3) is 5.91 Å². The molecule has 5 nitrogen and oxygen atoms in total. The Balaban J connectivity index is 1.64. The minimum Gasteiger partial charge on any atom is -0.348 e. The minimum absolute atomic E-state index is 0.0315. The number of carbonyl (C=O) groups excluding carboxylic acids is 2. The third-order valence-electron chi connectivity index (χ3n) is 4.67. The van der Waals surface area contributed by atoms with Crippen LogP contribution >= 0.6 is 0 Å². The molecule has 5 heteroatoms. The second-order valence-electron chi connectivity index (χ2n) is 6.75. The van der Waals surface area contributed by atoms with Crippen molar-refractivity contribution in [2.75, 3.05) is 18.4 Å². The molecule has 0 aliphatic carbocycles. The summed E-state index contributed by atoms with van der Waals surface area (Å²) in [5.74, 6) is -0.272. The molecule has 1 saturated heterocycles. The summed E-state index contributed by atoms with van der Waals surface area (Å²) >= 11 is 0. The van der Waals surface area contributed by atoms with E-state index in [4.69, 9.17) is 0 Å². The molecule has 1 heterocycles. The summed E-state index contributed by atoms with van der Waals surface area (Å²) in [5.41, 5.74) is 3.27. The Morgan fingerprint density at radius 3 is 2.62 bits per heavy atom. The van der Waals surface area contributed by atoms with Gasteiger partial charge in [0.1, 0.15) is 0 Å². The largest absolute Gasteiger partial charge is 0.348 e. The fourth-order valence-electron chi connectivity index (χ4n) is 3.08. The smallest absolute Gasteiger partial charge is 0.253 e. The molecule has 3 N–H and O–H groups in total. The van der Waals surface area contributed by atoms with E-state index in [1.165, 1.54) is 5.56 Å². The molecule has 26 heavy (non-hydrogen) atoms. The van der Waals surface area contributed by atoms with Crippen molar-refractivity contribution in [2.24, 2.45) is 5.92 Å². The first kappa shape index (κ1) is 18.1. The van der Waals surface area contributed by atoms with Crippen molar-refractivity contribution < 1.29 is 9.59 Å². The molecule has 0 radical (unpaired) electrons. The summed E-state index contributed by atoms with van der Waals surface area (Å²) in [6.45, 7) is 4.13. The van der Waals surface area contributed by atoms with Crippen LogP contribution in [0.25, 0.3) is 0 Å². The molecule has 1 aliphatic heterocycles. The fraction of sp³-hybridized carbons (Fsp3) is 0.333. The van der Waals surface area contributed by atoms with Crippen molar-refractivity contribution in [3.63, 3.8) is 0 Å². The van der Waals surface area contributed by atoms with E-state index < -0.39 is 0 Å². The maximum absolute atomic E-state index is 12.6. The lowest BCUT2D eigenvalue weighted by Crippen LogP contribution is -2.37. The summed E-state index contributed by atoms with van der Waals surface area (Å²) in [4.78, 5) is 25.1. The van der Waals surface area contributed by atoms with Crippen molar-refractivity contribution in [3.8, 4) is 0 Å². The quantitative estimate of drug-likeness (QED) is 0.776. The SMILES string of the molecule is Cc1ccc(CNC(=O)c2ccccc2NC(=O)C2CCCNC2)cc1. The van der Waals surface area contributed by atoms with E-state index in [1.54, 1.807) is 18.2 Å². The zero-order valence-electron chi connectivity index (χ0n) is 15.0. The zero-order chi connectivity index (χ0) is 18.4. The molecule has 2 amide bonds.